The van der Waals surface area contributed by atoms with Crippen LogP contribution in [0.1, 0.15) is 0 Å². The number of phenolic OH excluding ortho intramolecular Hbond substituents is 1. The molecule has 109 valence electrons. The Balaban J connectivity index is 0.00000220. The third-order valence-electron chi connectivity index (χ3n) is 2.50. The van der Waals surface area contributed by atoms with Crippen LogP contribution in [0.3, 0.4) is 0 Å². The van der Waals surface area contributed by atoms with Crippen molar-refractivity contribution in [1.29, 1.82) is 0 Å². The molecule has 0 unspecified atom stereocenters. The van der Waals surface area contributed by atoms with Crippen molar-refractivity contribution in [2.45, 2.75) is 9.79 Å². The Morgan fingerprint density at radius 2 is 1.57 bits per heavy atom. The van der Waals surface area contributed by atoms with E-state index in [9.17, 15) is 21.9 Å². The molecule has 2 aromatic rings. The van der Waals surface area contributed by atoms with Crippen LogP contribution in [0.25, 0.3) is 10.8 Å². The summed E-state index contributed by atoms with van der Waals surface area (Å²) in [7, 11) is -9.22. The molecule has 0 saturated heterocycles. The van der Waals surface area contributed by atoms with Crippen molar-refractivity contribution < 1.29 is 31.0 Å². The van der Waals surface area contributed by atoms with Crippen molar-refractivity contribution in [2.24, 2.45) is 0 Å². The standard InChI is InChI=1S/C10H8NO7S2.Na.H/c11-8-3-6(19(13,14)15)1-5-2-7(20(16,17)18)4-9(12)10(5)8;;/h2-4,12H,11H2,(H,13,14,15)(H,16,17,18);;. The first kappa shape index (κ1) is 18.2. The van der Waals surface area contributed by atoms with Gasteiger partial charge in [-0.1, -0.05) is 0 Å². The Morgan fingerprint density at radius 3 is 2.05 bits per heavy atom. The van der Waals surface area contributed by atoms with Gasteiger partial charge in [-0.25, -0.2) is 0 Å². The molecule has 0 spiro atoms. The van der Waals surface area contributed by atoms with E-state index in [1.807, 2.05) is 0 Å². The van der Waals surface area contributed by atoms with Crippen molar-refractivity contribution in [1.82, 2.24) is 0 Å². The minimum atomic E-state index is -4.61. The molecule has 0 fully saturated rings. The van der Waals surface area contributed by atoms with Gasteiger partial charge in [0, 0.05) is 23.2 Å². The van der Waals surface area contributed by atoms with Crippen molar-refractivity contribution in [3.8, 4) is 5.75 Å². The van der Waals surface area contributed by atoms with Gasteiger partial charge in [0.1, 0.15) is 10.6 Å². The molecule has 21 heavy (non-hydrogen) atoms. The van der Waals surface area contributed by atoms with Gasteiger partial charge in [0.15, 0.2) is 0 Å². The van der Waals surface area contributed by atoms with Crippen LogP contribution in [0.4, 0.5) is 5.69 Å². The summed E-state index contributed by atoms with van der Waals surface area (Å²) in [6.07, 6.45) is 0. The fourth-order valence-electron chi connectivity index (χ4n) is 1.67. The molecule has 0 aliphatic heterocycles. The van der Waals surface area contributed by atoms with Crippen LogP contribution in [0, 0.1) is 6.07 Å². The van der Waals surface area contributed by atoms with E-state index in [1.54, 1.807) is 0 Å². The molecule has 2 rings (SSSR count). The monoisotopic (exact) mass is 342 g/mol. The topological polar surface area (TPSA) is 155 Å². The minimum absolute atomic E-state index is 0. The molecule has 8 nitrogen and oxygen atoms in total. The normalized spacial score (nSPS) is 12.1. The van der Waals surface area contributed by atoms with Crippen molar-refractivity contribution in [3.63, 3.8) is 0 Å². The second-order valence-corrected chi connectivity index (χ2v) is 6.72. The molecule has 1 radical (unpaired) electrons. The number of anilines is 1. The Labute approximate surface area is 142 Å². The summed E-state index contributed by atoms with van der Waals surface area (Å²) in [5, 5.41) is 9.46. The molecule has 0 saturated carbocycles. The number of hydrogen-bond acceptors (Lipinski definition) is 6. The number of hydrogen-bond donors (Lipinski definition) is 4. The van der Waals surface area contributed by atoms with Crippen molar-refractivity contribution in [2.75, 3.05) is 5.73 Å². The summed E-state index contributed by atoms with van der Waals surface area (Å²) in [6.45, 7) is 0. The van der Waals surface area contributed by atoms with Crippen molar-refractivity contribution in [3.05, 3.63) is 24.3 Å². The number of benzene rings is 2. The van der Waals surface area contributed by atoms with Gasteiger partial charge in [0.25, 0.3) is 20.2 Å². The molecule has 0 amide bonds. The average molecular weight is 342 g/mol. The molecule has 0 aliphatic carbocycles. The van der Waals surface area contributed by atoms with Gasteiger partial charge in [-0.15, -0.1) is 0 Å². The van der Waals surface area contributed by atoms with Crippen LogP contribution in [-0.4, -0.2) is 60.6 Å². The average Bonchev–Trinajstić information content (AvgIpc) is 2.25. The Morgan fingerprint density at radius 1 is 1.00 bits per heavy atom. The number of phenols is 1. The van der Waals surface area contributed by atoms with E-state index in [1.165, 1.54) is 0 Å². The van der Waals surface area contributed by atoms with E-state index in [0.717, 1.165) is 18.2 Å². The van der Waals surface area contributed by atoms with Crippen LogP contribution < -0.4 is 5.73 Å². The SMILES string of the molecule is Nc1cc(S(=O)(=O)O)[c]c2cc(S(=O)(=O)O)cc(O)c12.[NaH]. The van der Waals surface area contributed by atoms with Gasteiger partial charge in [0.2, 0.25) is 0 Å². The van der Waals surface area contributed by atoms with E-state index < -0.39 is 35.8 Å². The number of rotatable bonds is 2. The van der Waals surface area contributed by atoms with Crippen LogP contribution in [-0.2, 0) is 20.2 Å². The molecule has 0 heterocycles. The second-order valence-electron chi connectivity index (χ2n) is 3.90. The number of nitrogens with two attached hydrogens (primary N) is 1. The van der Waals surface area contributed by atoms with Crippen LogP contribution in [0.15, 0.2) is 28.0 Å². The van der Waals surface area contributed by atoms with Gasteiger partial charge in [-0.3, -0.25) is 9.11 Å². The summed E-state index contributed by atoms with van der Waals surface area (Å²) >= 11 is 0. The predicted octanol–water partition coefficient (Wildman–Crippen LogP) is -0.227. The summed E-state index contributed by atoms with van der Waals surface area (Å²) in [5.74, 6) is -0.578. The third kappa shape index (κ3) is 3.66. The Kier molecular flexibility index (Phi) is 4.95. The fourth-order valence-corrected chi connectivity index (χ4v) is 2.72. The van der Waals surface area contributed by atoms with Gasteiger partial charge >= 0.3 is 29.6 Å². The first-order chi connectivity index (χ1) is 9.00. The van der Waals surface area contributed by atoms with Crippen LogP contribution in [0.2, 0.25) is 0 Å². The summed E-state index contributed by atoms with van der Waals surface area (Å²) < 4.78 is 62.0. The molecule has 0 atom stereocenters. The van der Waals surface area contributed by atoms with E-state index in [2.05, 4.69) is 6.07 Å². The first-order valence-corrected chi connectivity index (χ1v) is 7.81. The van der Waals surface area contributed by atoms with E-state index in [0.29, 0.717) is 0 Å². The zero-order valence-corrected chi connectivity index (χ0v) is 11.2. The van der Waals surface area contributed by atoms with Gasteiger partial charge in [0.05, 0.1) is 4.90 Å². The van der Waals surface area contributed by atoms with Gasteiger partial charge in [-0.2, -0.15) is 16.8 Å². The molecular formula is C10H9NNaO7S2. The van der Waals surface area contributed by atoms with Crippen LogP contribution >= 0.6 is 0 Å². The summed E-state index contributed by atoms with van der Waals surface area (Å²) in [4.78, 5) is -1.35. The van der Waals surface area contributed by atoms with Crippen molar-refractivity contribution >= 4 is 66.3 Å². The summed E-state index contributed by atoms with van der Waals surface area (Å²) in [6, 6.07) is 4.70. The second kappa shape index (κ2) is 5.72. The molecule has 0 aliphatic rings. The van der Waals surface area contributed by atoms with Crippen LogP contribution in [0.5, 0.6) is 5.75 Å². The number of nitrogen functional groups attached to an aromatic ring is 1. The number of aromatic hydroxyl groups is 1. The zero-order valence-electron chi connectivity index (χ0n) is 9.60. The van der Waals surface area contributed by atoms with Gasteiger partial charge < -0.3 is 10.8 Å². The molecule has 5 N–H and O–H groups in total. The first-order valence-electron chi connectivity index (χ1n) is 4.93. The summed E-state index contributed by atoms with van der Waals surface area (Å²) in [5.41, 5.74) is 5.34. The molecule has 0 bridgehead atoms. The van der Waals surface area contributed by atoms with E-state index in [-0.39, 0.29) is 46.0 Å². The maximum absolute atomic E-state index is 11.0. The Bertz CT molecular complexity index is 849. The zero-order chi connectivity index (χ0) is 15.3. The fraction of sp³-hybridized carbons (Fsp3) is 0. The third-order valence-corrected chi connectivity index (χ3v) is 4.11. The molecular weight excluding hydrogens is 333 g/mol. The van der Waals surface area contributed by atoms with E-state index in [4.69, 9.17) is 14.8 Å². The molecule has 11 heteroatoms. The van der Waals surface area contributed by atoms with E-state index >= 15 is 0 Å². The maximum atomic E-state index is 11.0. The Hall–Kier alpha value is -0.880. The van der Waals surface area contributed by atoms with Gasteiger partial charge in [-0.05, 0) is 17.5 Å². The predicted molar refractivity (Wildman–Crippen MR) is 75.6 cm³/mol. The number of fused-ring (bicyclic) bond motifs is 1. The molecule has 0 aromatic heterocycles. The quantitative estimate of drug-likeness (QED) is 0.331. The molecule has 2 aromatic carbocycles.